The molecule has 2 aromatic carbocycles. The number of carbonyl (C=O) groups excluding carboxylic acids is 1. The minimum atomic E-state index is -1.18. The first-order valence-corrected chi connectivity index (χ1v) is 8.84. The number of hydrogen-bond acceptors (Lipinski definition) is 4. The van der Waals surface area contributed by atoms with Crippen LogP contribution < -0.4 is 5.32 Å². The summed E-state index contributed by atoms with van der Waals surface area (Å²) < 4.78 is 10.8. The molecule has 28 heavy (non-hydrogen) atoms. The summed E-state index contributed by atoms with van der Waals surface area (Å²) in [5.74, 6) is -1.73. The number of carboxylic acid groups (broad SMARTS) is 1. The van der Waals surface area contributed by atoms with Gasteiger partial charge in [-0.1, -0.05) is 60.2 Å². The zero-order chi connectivity index (χ0) is 19.9. The minimum absolute atomic E-state index is 0.0471. The predicted molar refractivity (Wildman–Crippen MR) is 104 cm³/mol. The first kappa shape index (κ1) is 19.4. The molecule has 1 amide bonds. The maximum Gasteiger partial charge on any atom is 0.328 e. The maximum absolute atomic E-state index is 12.4. The second-order valence-electron chi connectivity index (χ2n) is 6.43. The number of aryl methyl sites for hydroxylation is 1. The summed E-state index contributed by atoms with van der Waals surface area (Å²) in [7, 11) is 0. The van der Waals surface area contributed by atoms with Gasteiger partial charge in [0.05, 0.1) is 19.5 Å². The third kappa shape index (κ3) is 5.08. The van der Waals surface area contributed by atoms with Crippen LogP contribution in [-0.4, -0.2) is 29.6 Å². The van der Waals surface area contributed by atoms with Crippen molar-refractivity contribution in [2.45, 2.75) is 19.6 Å². The summed E-state index contributed by atoms with van der Waals surface area (Å²) in [6.07, 6.45) is 1.48. The molecule has 0 aliphatic rings. The average molecular weight is 379 g/mol. The van der Waals surface area contributed by atoms with E-state index < -0.39 is 17.9 Å². The van der Waals surface area contributed by atoms with Crippen molar-refractivity contribution in [2.24, 2.45) is 0 Å². The Morgan fingerprint density at radius 3 is 2.57 bits per heavy atom. The molecule has 6 nitrogen and oxygen atoms in total. The number of ether oxygens (including phenoxy) is 1. The molecule has 1 aromatic heterocycles. The summed E-state index contributed by atoms with van der Waals surface area (Å²) in [6, 6.07) is 17.6. The quantitative estimate of drug-likeness (QED) is 0.624. The van der Waals surface area contributed by atoms with Gasteiger partial charge in [0.2, 0.25) is 0 Å². The van der Waals surface area contributed by atoms with E-state index in [1.54, 1.807) is 6.07 Å². The average Bonchev–Trinajstić information content (AvgIpc) is 3.18. The number of furan rings is 1. The highest BCUT2D eigenvalue weighted by molar-refractivity contribution is 5.95. The van der Waals surface area contributed by atoms with Crippen molar-refractivity contribution >= 4 is 11.9 Å². The largest absolute Gasteiger partial charge is 0.480 e. The molecule has 3 aromatic rings. The van der Waals surface area contributed by atoms with Crippen molar-refractivity contribution in [1.29, 1.82) is 0 Å². The van der Waals surface area contributed by atoms with Crippen molar-refractivity contribution in [1.82, 2.24) is 5.32 Å². The molecule has 0 spiro atoms. The molecule has 6 heteroatoms. The van der Waals surface area contributed by atoms with Crippen molar-refractivity contribution in [2.75, 3.05) is 6.61 Å². The van der Waals surface area contributed by atoms with Gasteiger partial charge in [0.15, 0.2) is 11.8 Å². The van der Waals surface area contributed by atoms with Gasteiger partial charge in [0.25, 0.3) is 5.91 Å². The van der Waals surface area contributed by atoms with Crippen LogP contribution in [0.2, 0.25) is 0 Å². The lowest BCUT2D eigenvalue weighted by molar-refractivity contribution is -0.141. The fourth-order valence-electron chi connectivity index (χ4n) is 2.70. The minimum Gasteiger partial charge on any atom is -0.480 e. The van der Waals surface area contributed by atoms with Gasteiger partial charge < -0.3 is 19.6 Å². The Labute approximate surface area is 162 Å². The van der Waals surface area contributed by atoms with E-state index in [1.807, 2.05) is 61.5 Å². The SMILES string of the molecule is Cc1cccc(-c2coc(C(=O)N[C@@H](COCc3ccccc3)C(=O)O)c2)c1. The molecule has 1 heterocycles. The number of rotatable bonds is 8. The number of nitrogens with one attached hydrogen (secondary N) is 1. The molecule has 0 radical (unpaired) electrons. The molecule has 3 rings (SSSR count). The maximum atomic E-state index is 12.4. The van der Waals surface area contributed by atoms with Crippen molar-refractivity contribution < 1.29 is 23.8 Å². The van der Waals surface area contributed by atoms with Crippen molar-refractivity contribution in [3.63, 3.8) is 0 Å². The summed E-state index contributed by atoms with van der Waals surface area (Å²) in [5, 5.41) is 11.8. The Bertz CT molecular complexity index is 948. The van der Waals surface area contributed by atoms with Gasteiger partial charge in [-0.05, 0) is 24.1 Å². The van der Waals surface area contributed by atoms with E-state index in [4.69, 9.17) is 9.15 Å². The highest BCUT2D eigenvalue weighted by Gasteiger charge is 2.23. The van der Waals surface area contributed by atoms with Crippen LogP contribution in [0.5, 0.6) is 0 Å². The number of hydrogen-bond donors (Lipinski definition) is 2. The Hall–Kier alpha value is -3.38. The summed E-state index contributed by atoms with van der Waals surface area (Å²) in [4.78, 5) is 23.8. The number of carboxylic acids is 1. The zero-order valence-corrected chi connectivity index (χ0v) is 15.4. The molecule has 0 saturated heterocycles. The van der Waals surface area contributed by atoms with Gasteiger partial charge in [0, 0.05) is 5.56 Å². The number of amides is 1. The van der Waals surface area contributed by atoms with E-state index in [0.717, 1.165) is 22.3 Å². The lowest BCUT2D eigenvalue weighted by Gasteiger charge is -2.14. The van der Waals surface area contributed by atoms with Gasteiger partial charge in [-0.15, -0.1) is 0 Å². The fourth-order valence-corrected chi connectivity index (χ4v) is 2.70. The van der Waals surface area contributed by atoms with Crippen LogP contribution in [0.25, 0.3) is 11.1 Å². The van der Waals surface area contributed by atoms with Crippen molar-refractivity contribution in [3.05, 3.63) is 83.8 Å². The second kappa shape index (κ2) is 9.01. The number of benzene rings is 2. The lowest BCUT2D eigenvalue weighted by Crippen LogP contribution is -2.43. The Morgan fingerprint density at radius 2 is 1.86 bits per heavy atom. The van der Waals surface area contributed by atoms with E-state index >= 15 is 0 Å². The summed E-state index contributed by atoms with van der Waals surface area (Å²) >= 11 is 0. The van der Waals surface area contributed by atoms with Gasteiger partial charge in [-0.2, -0.15) is 0 Å². The Morgan fingerprint density at radius 1 is 1.07 bits per heavy atom. The third-order valence-corrected chi connectivity index (χ3v) is 4.17. The molecule has 0 saturated carbocycles. The molecular formula is C22H21NO5. The van der Waals surface area contributed by atoms with Gasteiger partial charge in [0.1, 0.15) is 0 Å². The van der Waals surface area contributed by atoms with E-state index in [1.165, 1.54) is 6.26 Å². The Balaban J connectivity index is 1.60. The molecule has 0 aliphatic carbocycles. The van der Waals surface area contributed by atoms with Crippen LogP contribution in [0.4, 0.5) is 0 Å². The standard InChI is InChI=1S/C22H21NO5/c1-15-6-5-9-17(10-15)18-11-20(28-13-18)21(24)23-19(22(25)26)14-27-12-16-7-3-2-4-8-16/h2-11,13,19H,12,14H2,1H3,(H,23,24)(H,25,26)/t19-/m0/s1. The Kier molecular flexibility index (Phi) is 6.24. The van der Waals surface area contributed by atoms with Gasteiger partial charge in [-0.3, -0.25) is 4.79 Å². The van der Waals surface area contributed by atoms with Crippen molar-refractivity contribution in [3.8, 4) is 11.1 Å². The van der Waals surface area contributed by atoms with E-state index in [9.17, 15) is 14.7 Å². The smallest absolute Gasteiger partial charge is 0.328 e. The monoisotopic (exact) mass is 379 g/mol. The molecule has 0 fully saturated rings. The second-order valence-corrected chi connectivity index (χ2v) is 6.43. The summed E-state index contributed by atoms with van der Waals surface area (Å²) in [6.45, 7) is 2.09. The van der Waals surface area contributed by atoms with Crippen LogP contribution in [0.1, 0.15) is 21.7 Å². The molecule has 0 unspecified atom stereocenters. The first-order valence-electron chi connectivity index (χ1n) is 8.84. The van der Waals surface area contributed by atoms with Crippen LogP contribution in [0, 0.1) is 6.92 Å². The first-order chi connectivity index (χ1) is 13.5. The molecule has 144 valence electrons. The fraction of sp³-hybridized carbons (Fsp3) is 0.182. The predicted octanol–water partition coefficient (Wildman–Crippen LogP) is 3.65. The molecule has 2 N–H and O–H groups in total. The van der Waals surface area contributed by atoms with E-state index in [-0.39, 0.29) is 19.0 Å². The highest BCUT2D eigenvalue weighted by Crippen LogP contribution is 2.23. The van der Waals surface area contributed by atoms with Crippen LogP contribution in [0.3, 0.4) is 0 Å². The van der Waals surface area contributed by atoms with Gasteiger partial charge >= 0.3 is 5.97 Å². The van der Waals surface area contributed by atoms with Crippen LogP contribution >= 0.6 is 0 Å². The number of carbonyl (C=O) groups is 2. The third-order valence-electron chi connectivity index (χ3n) is 4.17. The lowest BCUT2D eigenvalue weighted by atomic mass is 10.1. The number of aliphatic carboxylic acids is 1. The van der Waals surface area contributed by atoms with Gasteiger partial charge in [-0.25, -0.2) is 4.79 Å². The summed E-state index contributed by atoms with van der Waals surface area (Å²) in [5.41, 5.74) is 3.68. The topological polar surface area (TPSA) is 88.8 Å². The van der Waals surface area contributed by atoms with Crippen LogP contribution in [0.15, 0.2) is 71.3 Å². The normalized spacial score (nSPS) is 11.8. The molecule has 0 bridgehead atoms. The highest BCUT2D eigenvalue weighted by atomic mass is 16.5. The van der Waals surface area contributed by atoms with E-state index in [2.05, 4.69) is 5.32 Å². The zero-order valence-electron chi connectivity index (χ0n) is 15.4. The molecular weight excluding hydrogens is 358 g/mol. The molecule has 1 atom stereocenters. The van der Waals surface area contributed by atoms with Crippen LogP contribution in [-0.2, 0) is 16.1 Å². The molecule has 0 aliphatic heterocycles. The van der Waals surface area contributed by atoms with E-state index in [0.29, 0.717) is 0 Å².